The number of aliphatic hydroxyl groups excluding tert-OH is 1. The highest BCUT2D eigenvalue weighted by molar-refractivity contribution is 7.89. The van der Waals surface area contributed by atoms with E-state index in [-0.39, 0.29) is 24.6 Å². The molecule has 0 unspecified atom stereocenters. The van der Waals surface area contributed by atoms with Crippen LogP contribution in [0.4, 0.5) is 0 Å². The molecule has 0 amide bonds. The lowest BCUT2D eigenvalue weighted by molar-refractivity contribution is 0.266. The summed E-state index contributed by atoms with van der Waals surface area (Å²) in [6, 6.07) is 1.43. The van der Waals surface area contributed by atoms with Crippen molar-refractivity contribution in [1.82, 2.24) is 9.29 Å². The van der Waals surface area contributed by atoms with Crippen LogP contribution in [0, 0.1) is 11.8 Å². The van der Waals surface area contributed by atoms with Gasteiger partial charge in [-0.1, -0.05) is 11.8 Å². The Morgan fingerprint density at radius 2 is 2.22 bits per heavy atom. The number of sulfonamides is 1. The summed E-state index contributed by atoms with van der Waals surface area (Å²) in [6.45, 7) is -0.0156. The van der Waals surface area contributed by atoms with Crippen molar-refractivity contribution in [3.05, 3.63) is 24.0 Å². The summed E-state index contributed by atoms with van der Waals surface area (Å²) in [7, 11) is -2.24. The second kappa shape index (κ2) is 6.47. The molecule has 0 radical (unpaired) electrons. The van der Waals surface area contributed by atoms with Gasteiger partial charge in [0.25, 0.3) is 0 Å². The van der Waals surface area contributed by atoms with Gasteiger partial charge in [-0.3, -0.25) is 4.98 Å². The van der Waals surface area contributed by atoms with Gasteiger partial charge in [-0.15, -0.1) is 0 Å². The van der Waals surface area contributed by atoms with E-state index in [0.717, 1.165) is 4.31 Å². The minimum Gasteiger partial charge on any atom is -0.395 e. The molecule has 7 heteroatoms. The predicted octanol–water partition coefficient (Wildman–Crippen LogP) is -0.995. The van der Waals surface area contributed by atoms with Gasteiger partial charge in [-0.25, -0.2) is 8.42 Å². The van der Waals surface area contributed by atoms with Gasteiger partial charge >= 0.3 is 0 Å². The van der Waals surface area contributed by atoms with Crippen LogP contribution in [0.15, 0.2) is 23.4 Å². The molecule has 0 saturated heterocycles. The molecule has 0 aromatic carbocycles. The van der Waals surface area contributed by atoms with Crippen molar-refractivity contribution in [2.24, 2.45) is 5.73 Å². The maximum absolute atomic E-state index is 12.1. The molecule has 0 saturated carbocycles. The third-order valence-electron chi connectivity index (χ3n) is 2.17. The molecule has 18 heavy (non-hydrogen) atoms. The maximum atomic E-state index is 12.1. The van der Waals surface area contributed by atoms with Crippen LogP contribution < -0.4 is 5.73 Å². The molecule has 1 aromatic rings. The fraction of sp³-hybridized carbons (Fsp3) is 0.364. The lowest BCUT2D eigenvalue weighted by atomic mass is 10.3. The first-order valence-corrected chi connectivity index (χ1v) is 6.67. The highest BCUT2D eigenvalue weighted by Gasteiger charge is 2.20. The molecule has 3 N–H and O–H groups in total. The summed E-state index contributed by atoms with van der Waals surface area (Å²) >= 11 is 0. The molecule has 6 nitrogen and oxygen atoms in total. The van der Waals surface area contributed by atoms with Gasteiger partial charge in [0.15, 0.2) is 0 Å². The Morgan fingerprint density at radius 1 is 1.50 bits per heavy atom. The zero-order valence-corrected chi connectivity index (χ0v) is 10.8. The largest absolute Gasteiger partial charge is 0.395 e. The van der Waals surface area contributed by atoms with Crippen LogP contribution in [-0.2, 0) is 10.0 Å². The van der Waals surface area contributed by atoms with E-state index in [1.54, 1.807) is 0 Å². The number of aliphatic hydroxyl groups is 1. The number of pyridine rings is 1. The Bertz CT molecular complexity index is 560. The summed E-state index contributed by atoms with van der Waals surface area (Å²) in [4.78, 5) is 3.88. The second-order valence-electron chi connectivity index (χ2n) is 3.47. The average Bonchev–Trinajstić information content (AvgIpc) is 2.37. The van der Waals surface area contributed by atoms with Gasteiger partial charge in [0.1, 0.15) is 4.90 Å². The quantitative estimate of drug-likeness (QED) is 0.684. The highest BCUT2D eigenvalue weighted by atomic mass is 32.2. The normalized spacial score (nSPS) is 11.1. The van der Waals surface area contributed by atoms with Gasteiger partial charge in [0.05, 0.1) is 13.2 Å². The van der Waals surface area contributed by atoms with E-state index >= 15 is 0 Å². The highest BCUT2D eigenvalue weighted by Crippen LogP contribution is 2.13. The molecule has 98 valence electrons. The standard InChI is InChI=1S/C11H15N3O3S/c1-14(5-6-15)18(16,17)11-7-10(3-2-4-12)8-13-9-11/h7-9,15H,4-6,12H2,1H3. The lowest BCUT2D eigenvalue weighted by Gasteiger charge is -2.15. The van der Waals surface area contributed by atoms with Crippen LogP contribution in [0.1, 0.15) is 5.56 Å². The second-order valence-corrected chi connectivity index (χ2v) is 5.51. The minimum absolute atomic E-state index is 0.0288. The van der Waals surface area contributed by atoms with Crippen LogP contribution in [0.5, 0.6) is 0 Å². The molecule has 0 atom stereocenters. The smallest absolute Gasteiger partial charge is 0.244 e. The van der Waals surface area contributed by atoms with Gasteiger partial charge in [0.2, 0.25) is 10.0 Å². The average molecular weight is 269 g/mol. The van der Waals surface area contributed by atoms with E-state index in [4.69, 9.17) is 10.8 Å². The summed E-state index contributed by atoms with van der Waals surface area (Å²) in [5.41, 5.74) is 5.72. The topological polar surface area (TPSA) is 96.5 Å². The minimum atomic E-state index is -3.64. The van der Waals surface area contributed by atoms with Crippen molar-refractivity contribution in [3.63, 3.8) is 0 Å². The Balaban J connectivity index is 3.10. The van der Waals surface area contributed by atoms with Crippen LogP contribution in [0.25, 0.3) is 0 Å². The Kier molecular flexibility index (Phi) is 5.25. The first-order valence-electron chi connectivity index (χ1n) is 5.23. The molecular weight excluding hydrogens is 254 g/mol. The van der Waals surface area contributed by atoms with Gasteiger partial charge in [0, 0.05) is 31.5 Å². The van der Waals surface area contributed by atoms with E-state index in [2.05, 4.69) is 16.8 Å². The Morgan fingerprint density at radius 3 is 2.83 bits per heavy atom. The SMILES string of the molecule is CN(CCO)S(=O)(=O)c1cncc(C#CCN)c1. The van der Waals surface area contributed by atoms with Gasteiger partial charge in [-0.2, -0.15) is 4.31 Å². The monoisotopic (exact) mass is 269 g/mol. The van der Waals surface area contributed by atoms with Gasteiger partial charge < -0.3 is 10.8 Å². The number of hydrogen-bond donors (Lipinski definition) is 2. The van der Waals surface area contributed by atoms with Crippen LogP contribution >= 0.6 is 0 Å². The number of hydrogen-bond acceptors (Lipinski definition) is 5. The van der Waals surface area contributed by atoms with Crippen molar-refractivity contribution in [1.29, 1.82) is 0 Å². The van der Waals surface area contributed by atoms with E-state index < -0.39 is 10.0 Å². The number of likely N-dealkylation sites (N-methyl/N-ethyl adjacent to an activating group) is 1. The molecular formula is C11H15N3O3S. The van der Waals surface area contributed by atoms with E-state index in [1.165, 1.54) is 25.5 Å². The van der Waals surface area contributed by atoms with Crippen molar-refractivity contribution < 1.29 is 13.5 Å². The predicted molar refractivity (Wildman–Crippen MR) is 67.1 cm³/mol. The van der Waals surface area contributed by atoms with Crippen LogP contribution in [-0.4, -0.2) is 49.6 Å². The molecule has 1 rings (SSSR count). The molecule has 0 spiro atoms. The number of nitrogens with two attached hydrogens (primary N) is 1. The third-order valence-corrected chi connectivity index (χ3v) is 3.99. The van der Waals surface area contributed by atoms with E-state index in [0.29, 0.717) is 5.56 Å². The summed E-state index contributed by atoms with van der Waals surface area (Å²) in [5, 5.41) is 8.76. The zero-order chi connectivity index (χ0) is 13.6. The van der Waals surface area contributed by atoms with Crippen molar-refractivity contribution in [2.75, 3.05) is 26.7 Å². The molecule has 1 heterocycles. The van der Waals surface area contributed by atoms with Crippen LogP contribution in [0.3, 0.4) is 0 Å². The fourth-order valence-electron chi connectivity index (χ4n) is 1.22. The molecule has 0 bridgehead atoms. The summed E-state index contributed by atoms with van der Waals surface area (Å²) in [5.74, 6) is 5.34. The maximum Gasteiger partial charge on any atom is 0.244 e. The molecule has 0 aliphatic rings. The first-order chi connectivity index (χ1) is 8.52. The van der Waals surface area contributed by atoms with E-state index in [9.17, 15) is 8.42 Å². The molecule has 1 aromatic heterocycles. The molecule has 0 aliphatic heterocycles. The third kappa shape index (κ3) is 3.51. The Labute approximate surface area is 106 Å². The van der Waals surface area contributed by atoms with Crippen molar-refractivity contribution in [2.45, 2.75) is 4.90 Å². The molecule has 0 fully saturated rings. The van der Waals surface area contributed by atoms with Crippen molar-refractivity contribution >= 4 is 10.0 Å². The first kappa shape index (κ1) is 14.6. The van der Waals surface area contributed by atoms with Crippen LogP contribution in [0.2, 0.25) is 0 Å². The van der Waals surface area contributed by atoms with Crippen molar-refractivity contribution in [3.8, 4) is 11.8 Å². The van der Waals surface area contributed by atoms with Gasteiger partial charge in [-0.05, 0) is 6.07 Å². The van der Waals surface area contributed by atoms with E-state index in [1.807, 2.05) is 0 Å². The number of rotatable bonds is 4. The molecule has 0 aliphatic carbocycles. The number of aromatic nitrogens is 1. The Hall–Kier alpha value is -1.46. The fourth-order valence-corrected chi connectivity index (χ4v) is 2.37. The summed E-state index contributed by atoms with van der Waals surface area (Å²) in [6.07, 6.45) is 2.71. The zero-order valence-electron chi connectivity index (χ0n) is 10.00. The summed E-state index contributed by atoms with van der Waals surface area (Å²) < 4.78 is 25.2. The lowest BCUT2D eigenvalue weighted by Crippen LogP contribution is -2.29. The number of nitrogens with zero attached hydrogens (tertiary/aromatic N) is 2.